The Morgan fingerprint density at radius 2 is 1.90 bits per heavy atom. The minimum Gasteiger partial charge on any atom is -0.349 e. The first-order valence-corrected chi connectivity index (χ1v) is 8.12. The van der Waals surface area contributed by atoms with Gasteiger partial charge >= 0.3 is 0 Å². The number of halogens is 1. The van der Waals surface area contributed by atoms with Crippen molar-refractivity contribution in [1.82, 2.24) is 0 Å². The summed E-state index contributed by atoms with van der Waals surface area (Å²) in [6, 6.07) is 0. The van der Waals surface area contributed by atoms with E-state index in [1.54, 1.807) is 6.08 Å². The number of carbonyl (C=O) groups is 1. The lowest BCUT2D eigenvalue weighted by Gasteiger charge is -2.28. The van der Waals surface area contributed by atoms with Crippen LogP contribution >= 0.6 is 11.6 Å². The highest BCUT2D eigenvalue weighted by Crippen LogP contribution is 2.24. The van der Waals surface area contributed by atoms with Crippen molar-refractivity contribution in [3.8, 4) is 0 Å². The summed E-state index contributed by atoms with van der Waals surface area (Å²) in [5.41, 5.74) is 0. The summed E-state index contributed by atoms with van der Waals surface area (Å²) in [5, 5.41) is 0.239. The number of hydrogen-bond donors (Lipinski definition) is 0. The van der Waals surface area contributed by atoms with E-state index < -0.39 is 12.4 Å². The molecule has 0 spiro atoms. The van der Waals surface area contributed by atoms with Crippen molar-refractivity contribution in [3.63, 3.8) is 0 Å². The van der Waals surface area contributed by atoms with Crippen LogP contribution in [-0.2, 0) is 14.3 Å². The molecule has 1 heterocycles. The molecule has 0 radical (unpaired) electrons. The lowest BCUT2D eigenvalue weighted by molar-refractivity contribution is -0.170. The molecule has 0 aliphatic carbocycles. The van der Waals surface area contributed by atoms with E-state index in [2.05, 4.69) is 6.92 Å². The predicted molar refractivity (Wildman–Crippen MR) is 81.8 cm³/mol. The molecule has 0 saturated carbocycles. The summed E-state index contributed by atoms with van der Waals surface area (Å²) in [6.07, 6.45) is 7.93. The lowest BCUT2D eigenvalue weighted by atomic mass is 10.0. The van der Waals surface area contributed by atoms with E-state index in [1.165, 1.54) is 32.1 Å². The predicted octanol–water partition coefficient (Wildman–Crippen LogP) is 4.44. The quantitative estimate of drug-likeness (QED) is 0.591. The number of hydrogen-bond acceptors (Lipinski definition) is 3. The van der Waals surface area contributed by atoms with Crippen LogP contribution in [-0.4, -0.2) is 24.8 Å². The largest absolute Gasteiger partial charge is 0.349 e. The highest BCUT2D eigenvalue weighted by Gasteiger charge is 2.32. The molecule has 2 atom stereocenters. The fourth-order valence-electron chi connectivity index (χ4n) is 2.21. The van der Waals surface area contributed by atoms with Gasteiger partial charge in [0.05, 0.1) is 11.6 Å². The molecule has 1 aliphatic heterocycles. The van der Waals surface area contributed by atoms with Gasteiger partial charge in [-0.3, -0.25) is 4.79 Å². The summed E-state index contributed by atoms with van der Waals surface area (Å²) in [7, 11) is 0. The summed E-state index contributed by atoms with van der Waals surface area (Å²) in [4.78, 5) is 11.8. The maximum absolute atomic E-state index is 11.8. The Kier molecular flexibility index (Phi) is 8.43. The van der Waals surface area contributed by atoms with Crippen LogP contribution in [0.15, 0.2) is 11.1 Å². The Morgan fingerprint density at radius 3 is 2.55 bits per heavy atom. The van der Waals surface area contributed by atoms with E-state index in [-0.39, 0.29) is 16.7 Å². The Bertz CT molecular complexity index is 326. The Hall–Kier alpha value is -0.380. The van der Waals surface area contributed by atoms with Crippen LogP contribution in [0.2, 0.25) is 0 Å². The second kappa shape index (κ2) is 9.54. The van der Waals surface area contributed by atoms with E-state index in [0.29, 0.717) is 6.61 Å². The van der Waals surface area contributed by atoms with Crippen LogP contribution in [0, 0.1) is 5.92 Å². The van der Waals surface area contributed by atoms with Crippen LogP contribution in [0.4, 0.5) is 0 Å². The number of ether oxygens (including phenoxy) is 2. The third-order valence-corrected chi connectivity index (χ3v) is 3.75. The van der Waals surface area contributed by atoms with E-state index in [1.807, 2.05) is 13.8 Å². The van der Waals surface area contributed by atoms with Crippen LogP contribution in [0.5, 0.6) is 0 Å². The molecule has 1 rings (SSSR count). The number of rotatable bonds is 9. The molecule has 0 bridgehead atoms. The van der Waals surface area contributed by atoms with E-state index in [9.17, 15) is 4.79 Å². The van der Waals surface area contributed by atoms with Crippen LogP contribution in [0.1, 0.15) is 59.3 Å². The molecular weight excluding hydrogens is 276 g/mol. The van der Waals surface area contributed by atoms with Crippen molar-refractivity contribution in [1.29, 1.82) is 0 Å². The molecule has 2 unspecified atom stereocenters. The number of carbonyl (C=O) groups excluding carboxylic acids is 1. The number of Topliss-reactive ketones (excluding diaryl/α,β-unsaturated/α-hetero) is 1. The molecular formula is C16H27ClO3. The van der Waals surface area contributed by atoms with Gasteiger partial charge in [-0.1, -0.05) is 64.5 Å². The second-order valence-corrected chi connectivity index (χ2v) is 6.09. The minimum absolute atomic E-state index is 0.102. The van der Waals surface area contributed by atoms with Crippen molar-refractivity contribution < 1.29 is 14.3 Å². The monoisotopic (exact) mass is 302 g/mol. The van der Waals surface area contributed by atoms with Gasteiger partial charge in [-0.05, 0) is 18.4 Å². The average Bonchev–Trinajstić information content (AvgIpc) is 2.41. The Labute approximate surface area is 127 Å². The third kappa shape index (κ3) is 5.94. The van der Waals surface area contributed by atoms with Gasteiger partial charge in [-0.2, -0.15) is 0 Å². The molecule has 0 fully saturated rings. The topological polar surface area (TPSA) is 35.5 Å². The summed E-state index contributed by atoms with van der Waals surface area (Å²) < 4.78 is 11.3. The Morgan fingerprint density at radius 1 is 1.25 bits per heavy atom. The van der Waals surface area contributed by atoms with Gasteiger partial charge in [0.25, 0.3) is 0 Å². The molecule has 116 valence electrons. The van der Waals surface area contributed by atoms with Gasteiger partial charge < -0.3 is 9.47 Å². The first-order chi connectivity index (χ1) is 9.56. The molecule has 4 heteroatoms. The van der Waals surface area contributed by atoms with Crippen LogP contribution in [0.3, 0.4) is 0 Å². The summed E-state index contributed by atoms with van der Waals surface area (Å²) >= 11 is 5.95. The molecule has 0 aromatic rings. The fourth-order valence-corrected chi connectivity index (χ4v) is 2.42. The second-order valence-electron chi connectivity index (χ2n) is 5.69. The molecule has 0 aromatic carbocycles. The maximum Gasteiger partial charge on any atom is 0.203 e. The van der Waals surface area contributed by atoms with Crippen LogP contribution < -0.4 is 0 Å². The first kappa shape index (κ1) is 17.7. The molecule has 0 N–H and O–H groups in total. The third-order valence-electron chi connectivity index (χ3n) is 3.44. The smallest absolute Gasteiger partial charge is 0.203 e. The SMILES string of the molecule is CCCCCCCCOC1C=C(Cl)C(=O)C(C(C)C)O1. The first-order valence-electron chi connectivity index (χ1n) is 7.74. The standard InChI is InChI=1S/C16H27ClO3/c1-4-5-6-7-8-9-10-19-14-11-13(17)15(18)16(20-14)12(2)3/h11-12,14,16H,4-10H2,1-3H3. The zero-order chi connectivity index (χ0) is 15.0. The van der Waals surface area contributed by atoms with Crippen molar-refractivity contribution in [2.24, 2.45) is 5.92 Å². The zero-order valence-electron chi connectivity index (χ0n) is 12.9. The van der Waals surface area contributed by atoms with Gasteiger partial charge in [0.15, 0.2) is 6.29 Å². The number of unbranched alkanes of at least 4 members (excludes halogenated alkanes) is 5. The van der Waals surface area contributed by atoms with E-state index >= 15 is 0 Å². The summed E-state index contributed by atoms with van der Waals surface area (Å²) in [6.45, 7) is 6.76. The van der Waals surface area contributed by atoms with E-state index in [4.69, 9.17) is 21.1 Å². The summed E-state index contributed by atoms with van der Waals surface area (Å²) in [5.74, 6) is -0.0359. The molecule has 0 aromatic heterocycles. The Balaban J connectivity index is 2.25. The van der Waals surface area contributed by atoms with Crippen LogP contribution in [0.25, 0.3) is 0 Å². The van der Waals surface area contributed by atoms with Crippen molar-refractivity contribution in [3.05, 3.63) is 11.1 Å². The fraction of sp³-hybridized carbons (Fsp3) is 0.812. The average molecular weight is 303 g/mol. The van der Waals surface area contributed by atoms with Gasteiger partial charge in [-0.25, -0.2) is 0 Å². The van der Waals surface area contributed by atoms with Gasteiger partial charge in [0.2, 0.25) is 5.78 Å². The molecule has 1 aliphatic rings. The molecule has 20 heavy (non-hydrogen) atoms. The molecule has 0 amide bonds. The van der Waals surface area contributed by atoms with Crippen molar-refractivity contribution in [2.45, 2.75) is 71.7 Å². The minimum atomic E-state index is -0.484. The van der Waals surface area contributed by atoms with Gasteiger partial charge in [0.1, 0.15) is 6.10 Å². The normalized spacial score (nSPS) is 23.2. The molecule has 0 saturated heterocycles. The lowest BCUT2D eigenvalue weighted by Crippen LogP contribution is -2.38. The highest BCUT2D eigenvalue weighted by molar-refractivity contribution is 6.43. The zero-order valence-corrected chi connectivity index (χ0v) is 13.6. The van der Waals surface area contributed by atoms with E-state index in [0.717, 1.165) is 6.42 Å². The van der Waals surface area contributed by atoms with Crippen molar-refractivity contribution in [2.75, 3.05) is 6.61 Å². The van der Waals surface area contributed by atoms with Gasteiger partial charge in [-0.15, -0.1) is 0 Å². The number of ketones is 1. The van der Waals surface area contributed by atoms with Gasteiger partial charge in [0, 0.05) is 0 Å². The maximum atomic E-state index is 11.8. The van der Waals surface area contributed by atoms with Crippen molar-refractivity contribution >= 4 is 17.4 Å². The molecule has 3 nitrogen and oxygen atoms in total. The highest BCUT2D eigenvalue weighted by atomic mass is 35.5.